The quantitative estimate of drug-likeness (QED) is 0.447. The highest BCUT2D eigenvalue weighted by Crippen LogP contribution is 2.29. The van der Waals surface area contributed by atoms with Crippen molar-refractivity contribution in [2.45, 2.75) is 0 Å². The third-order valence-electron chi connectivity index (χ3n) is 3.30. The Bertz CT molecular complexity index is 852. The van der Waals surface area contributed by atoms with Gasteiger partial charge in [0.15, 0.2) is 0 Å². The van der Waals surface area contributed by atoms with Gasteiger partial charge in [-0.15, -0.1) is 0 Å². The average molecular weight is 221 g/mol. The van der Waals surface area contributed by atoms with Crippen LogP contribution in [0.4, 0.5) is 0 Å². The van der Waals surface area contributed by atoms with Crippen LogP contribution < -0.4 is 0 Å². The second kappa shape index (κ2) is 2.88. The molecule has 0 aliphatic carbocycles. The third kappa shape index (κ3) is 1.03. The molecule has 4 aromatic rings. The molecule has 3 nitrogen and oxygen atoms in total. The van der Waals surface area contributed by atoms with Gasteiger partial charge in [0.1, 0.15) is 0 Å². The number of aryl methyl sites for hydroxylation is 1. The molecule has 0 fully saturated rings. The molecule has 0 unspecified atom stereocenters. The number of hydrogen-bond acceptors (Lipinski definition) is 1. The van der Waals surface area contributed by atoms with Crippen LogP contribution in [0.2, 0.25) is 0 Å². The van der Waals surface area contributed by atoms with Gasteiger partial charge in [-0.05, 0) is 11.5 Å². The minimum atomic E-state index is 1.16. The van der Waals surface area contributed by atoms with Crippen molar-refractivity contribution >= 4 is 27.2 Å². The van der Waals surface area contributed by atoms with E-state index in [9.17, 15) is 0 Å². The van der Waals surface area contributed by atoms with E-state index in [-0.39, 0.29) is 0 Å². The van der Waals surface area contributed by atoms with Gasteiger partial charge in [0.25, 0.3) is 0 Å². The maximum Gasteiger partial charge on any atom is 0.0907 e. The Labute approximate surface area is 97.9 Å². The number of benzene rings is 1. The van der Waals surface area contributed by atoms with Crippen LogP contribution in [0.15, 0.2) is 48.9 Å². The lowest BCUT2D eigenvalue weighted by Gasteiger charge is -2.03. The van der Waals surface area contributed by atoms with E-state index in [2.05, 4.69) is 52.4 Å². The van der Waals surface area contributed by atoms with Crippen LogP contribution in [-0.4, -0.2) is 14.2 Å². The molecular formula is C14H11N3. The van der Waals surface area contributed by atoms with Gasteiger partial charge in [-0.3, -0.25) is 0 Å². The van der Waals surface area contributed by atoms with Crippen molar-refractivity contribution in [2.75, 3.05) is 0 Å². The largest absolute Gasteiger partial charge is 0.354 e. The molecule has 1 aromatic carbocycles. The highest BCUT2D eigenvalue weighted by Gasteiger charge is 2.09. The zero-order valence-corrected chi connectivity index (χ0v) is 9.46. The SMILES string of the molecule is Cn1cc2c3ccccc3c3ccnn3c2c1. The first kappa shape index (κ1) is 8.82. The number of rotatable bonds is 0. The van der Waals surface area contributed by atoms with Gasteiger partial charge < -0.3 is 4.57 Å². The van der Waals surface area contributed by atoms with Crippen LogP contribution in [-0.2, 0) is 7.05 Å². The van der Waals surface area contributed by atoms with E-state index in [0.29, 0.717) is 0 Å². The van der Waals surface area contributed by atoms with E-state index in [0.717, 1.165) is 5.52 Å². The second-order valence-corrected chi connectivity index (χ2v) is 4.40. The van der Waals surface area contributed by atoms with Crippen LogP contribution >= 0.6 is 0 Å². The summed E-state index contributed by atoms with van der Waals surface area (Å²) in [5.74, 6) is 0. The lowest BCUT2D eigenvalue weighted by atomic mass is 10.1. The Balaban J connectivity index is 2.47. The normalized spacial score (nSPS) is 11.8. The average Bonchev–Trinajstić information content (AvgIpc) is 2.94. The third-order valence-corrected chi connectivity index (χ3v) is 3.30. The maximum atomic E-state index is 4.41. The fraction of sp³-hybridized carbons (Fsp3) is 0.0714. The molecule has 0 radical (unpaired) electrons. The summed E-state index contributed by atoms with van der Waals surface area (Å²) >= 11 is 0. The molecule has 4 rings (SSSR count). The fourth-order valence-electron chi connectivity index (χ4n) is 2.59. The lowest BCUT2D eigenvalue weighted by molar-refractivity contribution is 0.925. The monoisotopic (exact) mass is 221 g/mol. The van der Waals surface area contributed by atoms with Crippen molar-refractivity contribution in [1.82, 2.24) is 14.2 Å². The maximum absolute atomic E-state index is 4.41. The fourth-order valence-corrected chi connectivity index (χ4v) is 2.59. The highest BCUT2D eigenvalue weighted by molar-refractivity contribution is 6.12. The molecule has 0 amide bonds. The standard InChI is InChI=1S/C14H11N3/c1-16-8-12-10-4-2-3-5-11(10)13-6-7-15-17(13)14(12)9-16/h2-9H,1H3. The number of aromatic nitrogens is 3. The van der Waals surface area contributed by atoms with E-state index in [4.69, 9.17) is 0 Å². The van der Waals surface area contributed by atoms with Crippen molar-refractivity contribution in [2.24, 2.45) is 7.05 Å². The molecule has 0 saturated heterocycles. The predicted octanol–water partition coefficient (Wildman–Crippen LogP) is 2.98. The summed E-state index contributed by atoms with van der Waals surface area (Å²) in [5, 5.41) is 8.20. The first-order valence-electron chi connectivity index (χ1n) is 5.65. The molecule has 0 N–H and O–H groups in total. The molecule has 0 aliphatic rings. The summed E-state index contributed by atoms with van der Waals surface area (Å²) in [4.78, 5) is 0. The van der Waals surface area contributed by atoms with Gasteiger partial charge in [-0.2, -0.15) is 5.10 Å². The van der Waals surface area contributed by atoms with Crippen molar-refractivity contribution in [1.29, 1.82) is 0 Å². The van der Waals surface area contributed by atoms with Gasteiger partial charge in [-0.25, -0.2) is 4.52 Å². The van der Waals surface area contributed by atoms with E-state index in [1.54, 1.807) is 0 Å². The van der Waals surface area contributed by atoms with Crippen molar-refractivity contribution < 1.29 is 0 Å². The number of hydrogen-bond donors (Lipinski definition) is 0. The van der Waals surface area contributed by atoms with Crippen LogP contribution in [0.25, 0.3) is 27.2 Å². The predicted molar refractivity (Wildman–Crippen MR) is 69.2 cm³/mol. The van der Waals surface area contributed by atoms with Gasteiger partial charge in [0.05, 0.1) is 17.2 Å². The molecule has 0 spiro atoms. The van der Waals surface area contributed by atoms with Crippen LogP contribution in [0.5, 0.6) is 0 Å². The van der Waals surface area contributed by atoms with E-state index in [1.165, 1.54) is 21.7 Å². The molecule has 17 heavy (non-hydrogen) atoms. The molecule has 0 aliphatic heterocycles. The number of nitrogens with zero attached hydrogens (tertiary/aromatic N) is 3. The van der Waals surface area contributed by atoms with E-state index < -0.39 is 0 Å². The summed E-state index contributed by atoms with van der Waals surface area (Å²) in [7, 11) is 2.05. The van der Waals surface area contributed by atoms with E-state index >= 15 is 0 Å². The first-order chi connectivity index (χ1) is 8.34. The number of fused-ring (bicyclic) bond motifs is 6. The zero-order chi connectivity index (χ0) is 11.4. The Morgan fingerprint density at radius 3 is 2.59 bits per heavy atom. The van der Waals surface area contributed by atoms with Crippen molar-refractivity contribution in [3.8, 4) is 0 Å². The molecule has 0 bridgehead atoms. The summed E-state index contributed by atoms with van der Waals surface area (Å²) in [6.07, 6.45) is 6.12. The highest BCUT2D eigenvalue weighted by atomic mass is 15.2. The summed E-state index contributed by atoms with van der Waals surface area (Å²) in [6.45, 7) is 0. The molecule has 3 heteroatoms. The summed E-state index contributed by atoms with van der Waals surface area (Å²) in [5.41, 5.74) is 2.32. The van der Waals surface area contributed by atoms with Gasteiger partial charge in [0, 0.05) is 30.2 Å². The molecule has 0 saturated carbocycles. The van der Waals surface area contributed by atoms with Crippen LogP contribution in [0.1, 0.15) is 0 Å². The Kier molecular flexibility index (Phi) is 1.50. The number of pyridine rings is 1. The second-order valence-electron chi connectivity index (χ2n) is 4.40. The van der Waals surface area contributed by atoms with Crippen LogP contribution in [0.3, 0.4) is 0 Å². The Morgan fingerprint density at radius 2 is 1.71 bits per heavy atom. The minimum Gasteiger partial charge on any atom is -0.354 e. The Morgan fingerprint density at radius 1 is 0.882 bits per heavy atom. The lowest BCUT2D eigenvalue weighted by Crippen LogP contribution is -1.89. The molecule has 3 aromatic heterocycles. The molecule has 0 atom stereocenters. The van der Waals surface area contributed by atoms with Crippen molar-refractivity contribution in [3.05, 3.63) is 48.9 Å². The van der Waals surface area contributed by atoms with Gasteiger partial charge in [0.2, 0.25) is 0 Å². The van der Waals surface area contributed by atoms with Crippen LogP contribution in [0, 0.1) is 0 Å². The summed E-state index contributed by atoms with van der Waals surface area (Å²) < 4.78 is 4.09. The van der Waals surface area contributed by atoms with Gasteiger partial charge in [-0.1, -0.05) is 24.3 Å². The van der Waals surface area contributed by atoms with Crippen molar-refractivity contribution in [3.63, 3.8) is 0 Å². The molecule has 82 valence electrons. The Hall–Kier alpha value is -2.29. The first-order valence-corrected chi connectivity index (χ1v) is 5.65. The summed E-state index contributed by atoms with van der Waals surface area (Å²) in [6, 6.07) is 10.5. The molecular weight excluding hydrogens is 210 g/mol. The van der Waals surface area contributed by atoms with E-state index in [1.807, 2.05) is 17.8 Å². The topological polar surface area (TPSA) is 22.2 Å². The molecule has 3 heterocycles. The smallest absolute Gasteiger partial charge is 0.0907 e. The zero-order valence-electron chi connectivity index (χ0n) is 9.46. The van der Waals surface area contributed by atoms with Gasteiger partial charge >= 0.3 is 0 Å². The minimum absolute atomic E-state index is 1.16.